The van der Waals surface area contributed by atoms with E-state index in [1.54, 1.807) is 7.11 Å². The molecule has 1 amide bonds. The first-order valence-electron chi connectivity index (χ1n) is 3.87. The molecule has 1 N–H and O–H groups in total. The molecule has 68 valence electrons. The molecule has 0 bridgehead atoms. The third-order valence-electron chi connectivity index (χ3n) is 1.85. The van der Waals surface area contributed by atoms with Crippen molar-refractivity contribution in [3.63, 3.8) is 0 Å². The lowest BCUT2D eigenvalue weighted by Crippen LogP contribution is -2.54. The molecule has 0 aromatic carbocycles. The molecule has 0 saturated carbocycles. The zero-order chi connectivity index (χ0) is 9.19. The molecule has 1 unspecified atom stereocenters. The van der Waals surface area contributed by atoms with E-state index in [0.29, 0.717) is 13.0 Å². The highest BCUT2D eigenvalue weighted by Gasteiger charge is 2.34. The van der Waals surface area contributed by atoms with Crippen LogP contribution < -0.4 is 5.32 Å². The summed E-state index contributed by atoms with van der Waals surface area (Å²) in [6, 6.07) is 0. The van der Waals surface area contributed by atoms with E-state index in [1.807, 2.05) is 6.92 Å². The quantitative estimate of drug-likeness (QED) is 0.589. The molecule has 1 saturated heterocycles. The van der Waals surface area contributed by atoms with Crippen LogP contribution in [0.15, 0.2) is 0 Å². The molecule has 1 aliphatic rings. The molecule has 0 radical (unpaired) electrons. The van der Waals surface area contributed by atoms with E-state index in [2.05, 4.69) is 5.32 Å². The Morgan fingerprint density at radius 1 is 1.58 bits per heavy atom. The minimum Gasteiger partial charge on any atom is -0.382 e. The Bertz CT molecular complexity index is 196. The van der Waals surface area contributed by atoms with Crippen LogP contribution in [0.3, 0.4) is 0 Å². The number of carbonyl (C=O) groups is 2. The van der Waals surface area contributed by atoms with Crippen LogP contribution in [0.25, 0.3) is 0 Å². The summed E-state index contributed by atoms with van der Waals surface area (Å²) in [6.07, 6.45) is 0.381. The SMILES string of the molecule is COCC1(C)CC(=O)CC(=O)N1. The molecule has 4 nitrogen and oxygen atoms in total. The van der Waals surface area contributed by atoms with E-state index in [1.165, 1.54) is 0 Å². The van der Waals surface area contributed by atoms with Gasteiger partial charge in [0.1, 0.15) is 5.78 Å². The smallest absolute Gasteiger partial charge is 0.227 e. The monoisotopic (exact) mass is 171 g/mol. The predicted octanol–water partition coefficient (Wildman–Crippen LogP) is -0.129. The van der Waals surface area contributed by atoms with Crippen molar-refractivity contribution in [3.8, 4) is 0 Å². The van der Waals surface area contributed by atoms with Gasteiger partial charge in [-0.3, -0.25) is 9.59 Å². The van der Waals surface area contributed by atoms with Gasteiger partial charge in [-0.2, -0.15) is 0 Å². The highest BCUT2D eigenvalue weighted by Crippen LogP contribution is 2.16. The number of hydrogen-bond acceptors (Lipinski definition) is 3. The van der Waals surface area contributed by atoms with Crippen molar-refractivity contribution < 1.29 is 14.3 Å². The third-order valence-corrected chi connectivity index (χ3v) is 1.85. The number of nitrogens with one attached hydrogen (secondary N) is 1. The van der Waals surface area contributed by atoms with E-state index in [-0.39, 0.29) is 18.1 Å². The fourth-order valence-corrected chi connectivity index (χ4v) is 1.51. The minimum atomic E-state index is -0.499. The van der Waals surface area contributed by atoms with Gasteiger partial charge in [-0.05, 0) is 6.92 Å². The topological polar surface area (TPSA) is 55.4 Å². The molecule has 0 aromatic heterocycles. The predicted molar refractivity (Wildman–Crippen MR) is 42.7 cm³/mol. The van der Waals surface area contributed by atoms with E-state index in [0.717, 1.165) is 0 Å². The lowest BCUT2D eigenvalue weighted by Gasteiger charge is -2.32. The lowest BCUT2D eigenvalue weighted by molar-refractivity contribution is -0.135. The van der Waals surface area contributed by atoms with Crippen molar-refractivity contribution >= 4 is 11.7 Å². The summed E-state index contributed by atoms with van der Waals surface area (Å²) < 4.78 is 4.91. The highest BCUT2D eigenvalue weighted by molar-refractivity contribution is 6.01. The molecule has 1 rings (SSSR count). The Hall–Kier alpha value is -0.900. The first-order valence-corrected chi connectivity index (χ1v) is 3.87. The minimum absolute atomic E-state index is 0.0132. The maximum Gasteiger partial charge on any atom is 0.227 e. The van der Waals surface area contributed by atoms with Crippen molar-refractivity contribution in [1.29, 1.82) is 0 Å². The summed E-state index contributed by atoms with van der Waals surface area (Å²) in [4.78, 5) is 22.0. The Labute approximate surface area is 71.3 Å². The van der Waals surface area contributed by atoms with Gasteiger partial charge < -0.3 is 10.1 Å². The molecule has 1 heterocycles. The number of hydrogen-bond donors (Lipinski definition) is 1. The standard InChI is InChI=1S/C8H13NO3/c1-8(5-12-2)4-6(10)3-7(11)9-8/h3-5H2,1-2H3,(H,9,11). The van der Waals surface area contributed by atoms with E-state index >= 15 is 0 Å². The Balaban J connectivity index is 2.64. The van der Waals surface area contributed by atoms with Gasteiger partial charge in [0.05, 0.1) is 18.6 Å². The second-order valence-electron chi connectivity index (χ2n) is 3.43. The number of methoxy groups -OCH3 is 1. The van der Waals surface area contributed by atoms with Gasteiger partial charge in [0.25, 0.3) is 0 Å². The average Bonchev–Trinajstić information content (AvgIpc) is 1.82. The largest absolute Gasteiger partial charge is 0.382 e. The van der Waals surface area contributed by atoms with Crippen LogP contribution in [0, 0.1) is 0 Å². The van der Waals surface area contributed by atoms with Crippen molar-refractivity contribution in [2.24, 2.45) is 0 Å². The summed E-state index contributed by atoms with van der Waals surface area (Å²) in [5, 5.41) is 2.74. The van der Waals surface area contributed by atoms with Crippen molar-refractivity contribution in [1.82, 2.24) is 5.32 Å². The highest BCUT2D eigenvalue weighted by atomic mass is 16.5. The molecule has 0 aliphatic carbocycles. The number of amides is 1. The van der Waals surface area contributed by atoms with Gasteiger partial charge in [-0.25, -0.2) is 0 Å². The molecule has 1 atom stereocenters. The molecule has 0 spiro atoms. The second-order valence-corrected chi connectivity index (χ2v) is 3.43. The number of piperidine rings is 1. The van der Waals surface area contributed by atoms with Gasteiger partial charge >= 0.3 is 0 Å². The van der Waals surface area contributed by atoms with Crippen LogP contribution in [-0.4, -0.2) is 30.9 Å². The number of rotatable bonds is 2. The number of Topliss-reactive ketones (excluding diaryl/α,β-unsaturated/α-hetero) is 1. The van der Waals surface area contributed by atoms with Crippen molar-refractivity contribution in [2.45, 2.75) is 25.3 Å². The van der Waals surface area contributed by atoms with Crippen LogP contribution in [-0.2, 0) is 14.3 Å². The molecular formula is C8H13NO3. The van der Waals surface area contributed by atoms with E-state index < -0.39 is 5.54 Å². The fourth-order valence-electron chi connectivity index (χ4n) is 1.51. The first kappa shape index (κ1) is 9.19. The lowest BCUT2D eigenvalue weighted by atomic mass is 9.91. The van der Waals surface area contributed by atoms with Crippen LogP contribution >= 0.6 is 0 Å². The first-order chi connectivity index (χ1) is 5.56. The van der Waals surface area contributed by atoms with Crippen LogP contribution in [0.4, 0.5) is 0 Å². The van der Waals surface area contributed by atoms with Crippen LogP contribution in [0.2, 0.25) is 0 Å². The Kier molecular flexibility index (Phi) is 2.47. The normalized spacial score (nSPS) is 30.2. The maximum atomic E-state index is 11.0. The maximum absolute atomic E-state index is 11.0. The Morgan fingerprint density at radius 3 is 2.75 bits per heavy atom. The number of ether oxygens (including phenoxy) is 1. The van der Waals surface area contributed by atoms with Gasteiger partial charge in [0.15, 0.2) is 0 Å². The summed E-state index contributed by atoms with van der Waals surface area (Å²) >= 11 is 0. The molecule has 0 aromatic rings. The van der Waals surface area contributed by atoms with Crippen LogP contribution in [0.5, 0.6) is 0 Å². The molecule has 12 heavy (non-hydrogen) atoms. The molecule has 1 aliphatic heterocycles. The summed E-state index contributed by atoms with van der Waals surface area (Å²) in [5.41, 5.74) is -0.499. The third kappa shape index (κ3) is 2.04. The molecular weight excluding hydrogens is 158 g/mol. The average molecular weight is 171 g/mol. The van der Waals surface area contributed by atoms with Gasteiger partial charge in [0, 0.05) is 13.5 Å². The van der Waals surface area contributed by atoms with Gasteiger partial charge in [0.2, 0.25) is 5.91 Å². The van der Waals surface area contributed by atoms with Gasteiger partial charge in [-0.15, -0.1) is 0 Å². The molecule has 1 fully saturated rings. The zero-order valence-corrected chi connectivity index (χ0v) is 7.35. The fraction of sp³-hybridized carbons (Fsp3) is 0.750. The summed E-state index contributed by atoms with van der Waals surface area (Å²) in [6.45, 7) is 2.19. The van der Waals surface area contributed by atoms with E-state index in [9.17, 15) is 9.59 Å². The number of carbonyl (C=O) groups excluding carboxylic acids is 2. The van der Waals surface area contributed by atoms with Crippen LogP contribution in [0.1, 0.15) is 19.8 Å². The number of ketones is 1. The zero-order valence-electron chi connectivity index (χ0n) is 7.35. The second kappa shape index (κ2) is 3.23. The molecule has 4 heteroatoms. The van der Waals surface area contributed by atoms with Crippen molar-refractivity contribution in [3.05, 3.63) is 0 Å². The van der Waals surface area contributed by atoms with Crippen molar-refractivity contribution in [2.75, 3.05) is 13.7 Å². The van der Waals surface area contributed by atoms with E-state index in [4.69, 9.17) is 4.74 Å². The van der Waals surface area contributed by atoms with Gasteiger partial charge in [-0.1, -0.05) is 0 Å². The Morgan fingerprint density at radius 2 is 2.25 bits per heavy atom. The summed E-state index contributed by atoms with van der Waals surface area (Å²) in [5.74, 6) is -0.218. The summed E-state index contributed by atoms with van der Waals surface area (Å²) in [7, 11) is 1.55.